The zero-order valence-electron chi connectivity index (χ0n) is 8.59. The van der Waals surface area contributed by atoms with Crippen molar-refractivity contribution in [1.29, 1.82) is 0 Å². The topological polar surface area (TPSA) is 20.2 Å². The highest BCUT2D eigenvalue weighted by Crippen LogP contribution is 2.06. The highest BCUT2D eigenvalue weighted by molar-refractivity contribution is 4.88. The molecule has 0 bridgehead atoms. The smallest absolute Gasteiger partial charge is 0.0723 e. The lowest BCUT2D eigenvalue weighted by Gasteiger charge is -2.07. The van der Waals surface area contributed by atoms with Crippen LogP contribution in [0.3, 0.4) is 0 Å². The van der Waals surface area contributed by atoms with E-state index in [1.54, 1.807) is 0 Å². The molecule has 0 aromatic carbocycles. The van der Waals surface area contributed by atoms with Gasteiger partial charge in [-0.1, -0.05) is 45.8 Å². The first kappa shape index (κ1) is 11.7. The Kier molecular flexibility index (Phi) is 7.17. The van der Waals surface area contributed by atoms with Gasteiger partial charge in [-0.05, 0) is 18.8 Å². The van der Waals surface area contributed by atoms with E-state index in [4.69, 9.17) is 0 Å². The maximum atomic E-state index is 9.43. The quantitative estimate of drug-likeness (QED) is 0.479. The molecule has 0 rings (SSSR count). The highest BCUT2D eigenvalue weighted by Gasteiger charge is 2.01. The van der Waals surface area contributed by atoms with E-state index >= 15 is 0 Å². The lowest BCUT2D eigenvalue weighted by atomic mass is 10.1. The molecule has 1 nitrogen and oxygen atoms in total. The molecule has 72 valence electrons. The van der Waals surface area contributed by atoms with Crippen LogP contribution in [0.5, 0.6) is 0 Å². The Bertz CT molecular complexity index is 116. The summed E-state index contributed by atoms with van der Waals surface area (Å²) in [5, 5.41) is 9.43. The maximum Gasteiger partial charge on any atom is 0.0723 e. The molecule has 12 heavy (non-hydrogen) atoms. The standard InChI is InChI=1S/C11H22O/c1-4-5-6-7-8-11(12)9-10(2)3/h7-8,10-12H,4-6,9H2,1-3H3/b8-7-. The van der Waals surface area contributed by atoms with Crippen molar-refractivity contribution < 1.29 is 5.11 Å². The van der Waals surface area contributed by atoms with Crippen molar-refractivity contribution in [2.75, 3.05) is 0 Å². The molecule has 0 heterocycles. The van der Waals surface area contributed by atoms with E-state index in [0.717, 1.165) is 12.8 Å². The van der Waals surface area contributed by atoms with E-state index in [1.807, 2.05) is 6.08 Å². The van der Waals surface area contributed by atoms with Gasteiger partial charge in [0.1, 0.15) is 0 Å². The molecule has 0 aliphatic rings. The van der Waals surface area contributed by atoms with Crippen LogP contribution in [0.15, 0.2) is 12.2 Å². The molecule has 0 aromatic rings. The molecule has 0 saturated heterocycles. The summed E-state index contributed by atoms with van der Waals surface area (Å²) in [5.41, 5.74) is 0. The summed E-state index contributed by atoms with van der Waals surface area (Å²) in [5.74, 6) is 0.579. The minimum absolute atomic E-state index is 0.234. The van der Waals surface area contributed by atoms with Gasteiger partial charge in [0, 0.05) is 0 Å². The fourth-order valence-electron chi connectivity index (χ4n) is 1.14. The minimum Gasteiger partial charge on any atom is -0.389 e. The number of hydrogen-bond donors (Lipinski definition) is 1. The van der Waals surface area contributed by atoms with E-state index < -0.39 is 0 Å². The van der Waals surface area contributed by atoms with Crippen molar-refractivity contribution in [2.24, 2.45) is 5.92 Å². The van der Waals surface area contributed by atoms with Crippen molar-refractivity contribution in [1.82, 2.24) is 0 Å². The van der Waals surface area contributed by atoms with Gasteiger partial charge in [0.15, 0.2) is 0 Å². The normalized spacial score (nSPS) is 14.4. The molecule has 1 unspecified atom stereocenters. The Hall–Kier alpha value is -0.300. The summed E-state index contributed by atoms with van der Waals surface area (Å²) in [6.45, 7) is 6.44. The second-order valence-electron chi connectivity index (χ2n) is 3.77. The van der Waals surface area contributed by atoms with E-state index in [9.17, 15) is 5.11 Å². The predicted octanol–water partition coefficient (Wildman–Crippen LogP) is 3.14. The van der Waals surface area contributed by atoms with Crippen LogP contribution in [0.25, 0.3) is 0 Å². The zero-order valence-corrected chi connectivity index (χ0v) is 8.59. The van der Waals surface area contributed by atoms with E-state index in [-0.39, 0.29) is 6.10 Å². The van der Waals surface area contributed by atoms with Gasteiger partial charge >= 0.3 is 0 Å². The number of hydrogen-bond acceptors (Lipinski definition) is 1. The van der Waals surface area contributed by atoms with Crippen LogP contribution >= 0.6 is 0 Å². The highest BCUT2D eigenvalue weighted by atomic mass is 16.3. The van der Waals surface area contributed by atoms with Gasteiger partial charge < -0.3 is 5.11 Å². The average molecular weight is 170 g/mol. The third-order valence-electron chi connectivity index (χ3n) is 1.80. The summed E-state index contributed by atoms with van der Waals surface area (Å²) in [6.07, 6.45) is 8.22. The lowest BCUT2D eigenvalue weighted by molar-refractivity contribution is 0.194. The molecule has 0 radical (unpaired) electrons. The molecule has 0 aromatic heterocycles. The van der Waals surface area contributed by atoms with Gasteiger partial charge in [0.05, 0.1) is 6.10 Å². The van der Waals surface area contributed by atoms with Crippen LogP contribution in [0.1, 0.15) is 46.5 Å². The minimum atomic E-state index is -0.234. The second kappa shape index (κ2) is 7.35. The lowest BCUT2D eigenvalue weighted by Crippen LogP contribution is -2.05. The Labute approximate surface area is 76.5 Å². The average Bonchev–Trinajstić information content (AvgIpc) is 1.97. The largest absolute Gasteiger partial charge is 0.389 e. The number of aliphatic hydroxyl groups excluding tert-OH is 1. The van der Waals surface area contributed by atoms with Crippen molar-refractivity contribution in [3.63, 3.8) is 0 Å². The SMILES string of the molecule is CCCC/C=C\C(O)CC(C)C. The first-order valence-corrected chi connectivity index (χ1v) is 5.01. The molecular formula is C11H22O. The van der Waals surface area contributed by atoms with Crippen LogP contribution in [0.2, 0.25) is 0 Å². The van der Waals surface area contributed by atoms with Crippen LogP contribution in [-0.4, -0.2) is 11.2 Å². The fourth-order valence-corrected chi connectivity index (χ4v) is 1.14. The van der Waals surface area contributed by atoms with Crippen molar-refractivity contribution in [3.8, 4) is 0 Å². The van der Waals surface area contributed by atoms with Crippen molar-refractivity contribution in [2.45, 2.75) is 52.6 Å². The third-order valence-corrected chi connectivity index (χ3v) is 1.80. The molecule has 1 heteroatoms. The Morgan fingerprint density at radius 3 is 2.50 bits per heavy atom. The first-order valence-electron chi connectivity index (χ1n) is 5.01. The zero-order chi connectivity index (χ0) is 9.40. The molecule has 1 N–H and O–H groups in total. The van der Waals surface area contributed by atoms with E-state index in [2.05, 4.69) is 26.8 Å². The van der Waals surface area contributed by atoms with Gasteiger partial charge in [-0.15, -0.1) is 0 Å². The van der Waals surface area contributed by atoms with Crippen LogP contribution in [0, 0.1) is 5.92 Å². The summed E-state index contributed by atoms with van der Waals surface area (Å²) < 4.78 is 0. The monoisotopic (exact) mass is 170 g/mol. The van der Waals surface area contributed by atoms with Crippen molar-refractivity contribution in [3.05, 3.63) is 12.2 Å². The first-order chi connectivity index (χ1) is 5.66. The summed E-state index contributed by atoms with van der Waals surface area (Å²) >= 11 is 0. The number of unbranched alkanes of at least 4 members (excludes halogenated alkanes) is 2. The van der Waals surface area contributed by atoms with Gasteiger partial charge in [0.25, 0.3) is 0 Å². The summed E-state index contributed by atoms with van der Waals surface area (Å²) in [6, 6.07) is 0. The van der Waals surface area contributed by atoms with Crippen molar-refractivity contribution >= 4 is 0 Å². The number of rotatable bonds is 6. The molecule has 0 aliphatic carbocycles. The summed E-state index contributed by atoms with van der Waals surface area (Å²) in [7, 11) is 0. The Morgan fingerprint density at radius 2 is 2.00 bits per heavy atom. The number of aliphatic hydroxyl groups is 1. The summed E-state index contributed by atoms with van der Waals surface area (Å²) in [4.78, 5) is 0. The Balaban J connectivity index is 3.40. The molecule has 0 amide bonds. The maximum absolute atomic E-state index is 9.43. The molecule has 0 fully saturated rings. The molecular weight excluding hydrogens is 148 g/mol. The van der Waals surface area contributed by atoms with Gasteiger partial charge in [-0.2, -0.15) is 0 Å². The van der Waals surface area contributed by atoms with Gasteiger partial charge in [-0.3, -0.25) is 0 Å². The van der Waals surface area contributed by atoms with Crippen LogP contribution in [-0.2, 0) is 0 Å². The molecule has 1 atom stereocenters. The van der Waals surface area contributed by atoms with Crippen LogP contribution in [0.4, 0.5) is 0 Å². The fraction of sp³-hybridized carbons (Fsp3) is 0.818. The molecule has 0 aliphatic heterocycles. The second-order valence-corrected chi connectivity index (χ2v) is 3.77. The van der Waals surface area contributed by atoms with E-state index in [1.165, 1.54) is 12.8 Å². The number of allylic oxidation sites excluding steroid dienone is 1. The molecule has 0 saturated carbocycles. The van der Waals surface area contributed by atoms with Gasteiger partial charge in [0.2, 0.25) is 0 Å². The third kappa shape index (κ3) is 7.80. The van der Waals surface area contributed by atoms with Crippen LogP contribution < -0.4 is 0 Å². The van der Waals surface area contributed by atoms with E-state index in [0.29, 0.717) is 5.92 Å². The Morgan fingerprint density at radius 1 is 1.33 bits per heavy atom. The van der Waals surface area contributed by atoms with Gasteiger partial charge in [-0.25, -0.2) is 0 Å². The predicted molar refractivity (Wildman–Crippen MR) is 54.1 cm³/mol. The molecule has 0 spiro atoms.